The predicted octanol–water partition coefficient (Wildman–Crippen LogP) is 4.54. The van der Waals surface area contributed by atoms with Crippen LogP contribution in [0.15, 0.2) is 24.3 Å². The minimum Gasteiger partial charge on any atom is -0.294 e. The van der Waals surface area contributed by atoms with Crippen LogP contribution in [0.4, 0.5) is 0 Å². The molecule has 0 saturated heterocycles. The normalized spacial score (nSPS) is 18.4. The molecule has 0 heterocycles. The maximum absolute atomic E-state index is 12.4. The van der Waals surface area contributed by atoms with Gasteiger partial charge in [-0.25, -0.2) is 0 Å². The van der Waals surface area contributed by atoms with Crippen molar-refractivity contribution in [3.63, 3.8) is 0 Å². The maximum atomic E-state index is 12.4. The highest BCUT2D eigenvalue weighted by Crippen LogP contribution is 2.25. The average Bonchev–Trinajstić information content (AvgIpc) is 2.29. The van der Waals surface area contributed by atoms with Gasteiger partial charge in [-0.15, -0.1) is 0 Å². The monoisotopic (exact) mass is 230 g/mol. The van der Waals surface area contributed by atoms with Crippen molar-refractivity contribution in [3.8, 4) is 0 Å². The summed E-state index contributed by atoms with van der Waals surface area (Å²) < 4.78 is 0. The zero-order valence-electron chi connectivity index (χ0n) is 10.7. The molecule has 0 atom stereocenters. The molecule has 1 saturated carbocycles. The Morgan fingerprint density at radius 1 is 0.941 bits per heavy atom. The Bertz CT molecular complexity index is 356. The highest BCUT2D eigenvalue weighted by molar-refractivity contribution is 5.97. The topological polar surface area (TPSA) is 17.1 Å². The second-order valence-corrected chi connectivity index (χ2v) is 5.27. The number of benzene rings is 1. The van der Waals surface area contributed by atoms with Gasteiger partial charge in [0.2, 0.25) is 0 Å². The smallest absolute Gasteiger partial charge is 0.165 e. The second kappa shape index (κ2) is 6.00. The molecule has 0 amide bonds. The number of ketones is 1. The van der Waals surface area contributed by atoms with E-state index in [-0.39, 0.29) is 5.92 Å². The van der Waals surface area contributed by atoms with Gasteiger partial charge in [-0.3, -0.25) is 4.79 Å². The Hall–Kier alpha value is -1.11. The molecule has 0 bridgehead atoms. The van der Waals surface area contributed by atoms with Gasteiger partial charge in [0.1, 0.15) is 0 Å². The molecule has 1 aliphatic rings. The summed E-state index contributed by atoms with van der Waals surface area (Å²) in [5, 5.41) is 0. The molecule has 1 fully saturated rings. The number of rotatable bonds is 2. The Morgan fingerprint density at radius 2 is 1.47 bits per heavy atom. The molecule has 1 aliphatic carbocycles. The summed E-state index contributed by atoms with van der Waals surface area (Å²) in [4.78, 5) is 12.4. The first-order valence-electron chi connectivity index (χ1n) is 6.88. The molecular formula is C16H22O. The first kappa shape index (κ1) is 12.3. The number of Topliss-reactive ketones (excluding diaryl/α,β-unsaturated/α-hetero) is 1. The van der Waals surface area contributed by atoms with Gasteiger partial charge in [0.15, 0.2) is 5.78 Å². The molecule has 2 rings (SSSR count). The maximum Gasteiger partial charge on any atom is 0.165 e. The fourth-order valence-electron chi connectivity index (χ4n) is 2.67. The minimum absolute atomic E-state index is 0.276. The lowest BCUT2D eigenvalue weighted by atomic mass is 9.85. The summed E-state index contributed by atoms with van der Waals surface area (Å²) in [6, 6.07) is 8.04. The standard InChI is InChI=1S/C16H22O/c1-13-9-11-15(12-10-13)16(17)14-7-5-3-2-4-6-8-14/h9-12,14H,2-8H2,1H3. The number of hydrogen-bond donors (Lipinski definition) is 0. The Kier molecular flexibility index (Phi) is 4.36. The number of carbonyl (C=O) groups excluding carboxylic acids is 1. The van der Waals surface area contributed by atoms with E-state index in [1.807, 2.05) is 24.3 Å². The van der Waals surface area contributed by atoms with E-state index in [4.69, 9.17) is 0 Å². The largest absolute Gasteiger partial charge is 0.294 e. The lowest BCUT2D eigenvalue weighted by Gasteiger charge is -2.18. The average molecular weight is 230 g/mol. The van der Waals surface area contributed by atoms with Gasteiger partial charge < -0.3 is 0 Å². The summed E-state index contributed by atoms with van der Waals surface area (Å²) in [6.45, 7) is 2.06. The molecular weight excluding hydrogens is 208 g/mol. The number of carbonyl (C=O) groups is 1. The Balaban J connectivity index is 2.04. The Morgan fingerprint density at radius 3 is 2.06 bits per heavy atom. The van der Waals surface area contributed by atoms with E-state index in [1.54, 1.807) is 0 Å². The van der Waals surface area contributed by atoms with Crippen molar-refractivity contribution in [3.05, 3.63) is 35.4 Å². The van der Waals surface area contributed by atoms with Gasteiger partial charge in [0, 0.05) is 11.5 Å². The van der Waals surface area contributed by atoms with Crippen molar-refractivity contribution in [2.75, 3.05) is 0 Å². The highest BCUT2D eigenvalue weighted by atomic mass is 16.1. The summed E-state index contributed by atoms with van der Waals surface area (Å²) >= 11 is 0. The van der Waals surface area contributed by atoms with Crippen molar-refractivity contribution in [2.24, 2.45) is 5.92 Å². The van der Waals surface area contributed by atoms with Crippen molar-refractivity contribution in [2.45, 2.75) is 51.9 Å². The van der Waals surface area contributed by atoms with Crippen LogP contribution >= 0.6 is 0 Å². The first-order valence-corrected chi connectivity index (χ1v) is 6.88. The van der Waals surface area contributed by atoms with Crippen molar-refractivity contribution in [1.82, 2.24) is 0 Å². The van der Waals surface area contributed by atoms with E-state index in [1.165, 1.54) is 37.7 Å². The summed E-state index contributed by atoms with van der Waals surface area (Å²) in [5.41, 5.74) is 2.13. The van der Waals surface area contributed by atoms with Crippen molar-refractivity contribution >= 4 is 5.78 Å². The molecule has 1 heteroatoms. The molecule has 1 nitrogen and oxygen atoms in total. The molecule has 0 aromatic heterocycles. The quantitative estimate of drug-likeness (QED) is 0.682. The lowest BCUT2D eigenvalue weighted by molar-refractivity contribution is 0.0898. The van der Waals surface area contributed by atoms with E-state index < -0.39 is 0 Å². The summed E-state index contributed by atoms with van der Waals surface area (Å²) in [6.07, 6.45) is 8.59. The molecule has 1 aromatic carbocycles. The molecule has 0 radical (unpaired) electrons. The first-order chi connectivity index (χ1) is 8.27. The molecule has 0 spiro atoms. The molecule has 17 heavy (non-hydrogen) atoms. The van der Waals surface area contributed by atoms with Gasteiger partial charge in [0.25, 0.3) is 0 Å². The van der Waals surface area contributed by atoms with Crippen LogP contribution in [0.25, 0.3) is 0 Å². The van der Waals surface area contributed by atoms with Gasteiger partial charge in [-0.2, -0.15) is 0 Å². The number of hydrogen-bond acceptors (Lipinski definition) is 1. The van der Waals surface area contributed by atoms with Crippen LogP contribution in [-0.4, -0.2) is 5.78 Å². The van der Waals surface area contributed by atoms with E-state index in [2.05, 4.69) is 6.92 Å². The fraction of sp³-hybridized carbons (Fsp3) is 0.562. The summed E-state index contributed by atoms with van der Waals surface area (Å²) in [7, 11) is 0. The molecule has 1 aromatic rings. The van der Waals surface area contributed by atoms with E-state index >= 15 is 0 Å². The minimum atomic E-state index is 0.276. The molecule has 0 aliphatic heterocycles. The van der Waals surface area contributed by atoms with Crippen LogP contribution in [0, 0.1) is 12.8 Å². The zero-order valence-corrected chi connectivity index (χ0v) is 10.7. The van der Waals surface area contributed by atoms with Gasteiger partial charge >= 0.3 is 0 Å². The zero-order chi connectivity index (χ0) is 12.1. The van der Waals surface area contributed by atoms with Gasteiger partial charge in [-0.1, -0.05) is 61.9 Å². The van der Waals surface area contributed by atoms with E-state index in [0.29, 0.717) is 5.78 Å². The summed E-state index contributed by atoms with van der Waals surface area (Å²) in [5.74, 6) is 0.643. The van der Waals surface area contributed by atoms with Crippen LogP contribution in [0.5, 0.6) is 0 Å². The SMILES string of the molecule is Cc1ccc(C(=O)C2CCCCCCC2)cc1. The third-order valence-corrected chi connectivity index (χ3v) is 3.81. The fourth-order valence-corrected chi connectivity index (χ4v) is 2.67. The van der Waals surface area contributed by atoms with Crippen molar-refractivity contribution < 1.29 is 4.79 Å². The van der Waals surface area contributed by atoms with Crippen LogP contribution in [0.3, 0.4) is 0 Å². The predicted molar refractivity (Wildman–Crippen MR) is 71.3 cm³/mol. The number of aryl methyl sites for hydroxylation is 1. The van der Waals surface area contributed by atoms with E-state index in [0.717, 1.165) is 18.4 Å². The van der Waals surface area contributed by atoms with Crippen LogP contribution in [0.2, 0.25) is 0 Å². The van der Waals surface area contributed by atoms with Crippen LogP contribution < -0.4 is 0 Å². The molecule has 92 valence electrons. The van der Waals surface area contributed by atoms with Crippen LogP contribution in [0.1, 0.15) is 60.9 Å². The second-order valence-electron chi connectivity index (χ2n) is 5.27. The molecule has 0 N–H and O–H groups in total. The van der Waals surface area contributed by atoms with Crippen molar-refractivity contribution in [1.29, 1.82) is 0 Å². The molecule has 0 unspecified atom stereocenters. The third-order valence-electron chi connectivity index (χ3n) is 3.81. The van der Waals surface area contributed by atoms with Crippen LogP contribution in [-0.2, 0) is 0 Å². The third kappa shape index (κ3) is 3.42. The highest BCUT2D eigenvalue weighted by Gasteiger charge is 2.20. The van der Waals surface area contributed by atoms with E-state index in [9.17, 15) is 4.79 Å². The van der Waals surface area contributed by atoms with Gasteiger partial charge in [0.05, 0.1) is 0 Å². The van der Waals surface area contributed by atoms with Gasteiger partial charge in [-0.05, 0) is 19.8 Å². The lowest BCUT2D eigenvalue weighted by Crippen LogP contribution is -2.16. The Labute approximate surface area is 104 Å².